The van der Waals surface area contributed by atoms with E-state index in [-0.39, 0.29) is 11.8 Å². The molecule has 0 saturated carbocycles. The molecule has 122 valence electrons. The van der Waals surface area contributed by atoms with Crippen LogP contribution in [0.1, 0.15) is 12.8 Å². The first-order chi connectivity index (χ1) is 11.3. The van der Waals surface area contributed by atoms with Gasteiger partial charge in [0.2, 0.25) is 5.91 Å². The van der Waals surface area contributed by atoms with Gasteiger partial charge in [0.15, 0.2) is 0 Å². The molecule has 0 radical (unpaired) electrons. The first kappa shape index (κ1) is 15.7. The van der Waals surface area contributed by atoms with E-state index in [1.54, 1.807) is 13.4 Å². The number of methoxy groups -OCH3 is 1. The van der Waals surface area contributed by atoms with E-state index in [9.17, 15) is 4.79 Å². The minimum atomic E-state index is -0.00525. The van der Waals surface area contributed by atoms with Crippen molar-refractivity contribution in [3.8, 4) is 0 Å². The fourth-order valence-electron chi connectivity index (χ4n) is 3.05. The lowest BCUT2D eigenvalue weighted by atomic mass is 9.97. The Balaban J connectivity index is 1.74. The summed E-state index contributed by atoms with van der Waals surface area (Å²) < 4.78 is 4.98. The molecule has 6 nitrogen and oxygen atoms in total. The van der Waals surface area contributed by atoms with E-state index in [4.69, 9.17) is 4.74 Å². The normalized spacial score (nSPS) is 18.1. The van der Waals surface area contributed by atoms with Crippen LogP contribution in [0.3, 0.4) is 0 Å². The van der Waals surface area contributed by atoms with Gasteiger partial charge in [0.1, 0.15) is 12.1 Å². The molecular formula is C17H22N4O2. The van der Waals surface area contributed by atoms with Gasteiger partial charge in [-0.3, -0.25) is 4.79 Å². The highest BCUT2D eigenvalue weighted by Gasteiger charge is 2.27. The minimum absolute atomic E-state index is 0.00525. The number of benzene rings is 1. The van der Waals surface area contributed by atoms with Crippen molar-refractivity contribution in [1.29, 1.82) is 0 Å². The van der Waals surface area contributed by atoms with E-state index in [1.165, 1.54) is 0 Å². The Labute approximate surface area is 135 Å². The van der Waals surface area contributed by atoms with Crippen LogP contribution in [0.2, 0.25) is 0 Å². The third-order valence-electron chi connectivity index (χ3n) is 4.22. The molecule has 1 amide bonds. The number of piperidine rings is 1. The van der Waals surface area contributed by atoms with E-state index >= 15 is 0 Å². The second-order valence-corrected chi connectivity index (χ2v) is 5.78. The fraction of sp³-hybridized carbons (Fsp3) is 0.471. The Morgan fingerprint density at radius 2 is 2.26 bits per heavy atom. The Morgan fingerprint density at radius 1 is 1.39 bits per heavy atom. The summed E-state index contributed by atoms with van der Waals surface area (Å²) in [6.45, 7) is 2.71. The molecule has 2 aromatic rings. The monoisotopic (exact) mass is 314 g/mol. The Hall–Kier alpha value is -2.21. The number of hydrogen-bond acceptors (Lipinski definition) is 5. The number of carbonyl (C=O) groups is 1. The van der Waals surface area contributed by atoms with Crippen molar-refractivity contribution in [3.63, 3.8) is 0 Å². The standard InChI is InChI=1S/C17H22N4O2/c1-23-10-8-18-17(22)13-5-4-9-21(11-13)16-14-6-2-3-7-15(14)19-12-20-16/h2-3,6-7,12-13H,4-5,8-11H2,1H3,(H,18,22). The number of anilines is 1. The molecule has 0 aliphatic carbocycles. The third-order valence-corrected chi connectivity index (χ3v) is 4.22. The second kappa shape index (κ2) is 7.37. The van der Waals surface area contributed by atoms with Crippen molar-refractivity contribution in [2.75, 3.05) is 38.3 Å². The van der Waals surface area contributed by atoms with Crippen LogP contribution in [0.5, 0.6) is 0 Å². The van der Waals surface area contributed by atoms with Crippen LogP contribution in [0, 0.1) is 5.92 Å². The predicted octanol–water partition coefficient (Wildman–Crippen LogP) is 1.61. The SMILES string of the molecule is COCCNC(=O)C1CCCN(c2ncnc3ccccc23)C1. The molecule has 6 heteroatoms. The van der Waals surface area contributed by atoms with E-state index in [1.807, 2.05) is 24.3 Å². The molecular weight excluding hydrogens is 292 g/mol. The smallest absolute Gasteiger partial charge is 0.224 e. The summed E-state index contributed by atoms with van der Waals surface area (Å²) in [4.78, 5) is 23.3. The molecule has 1 aromatic carbocycles. The second-order valence-electron chi connectivity index (χ2n) is 5.78. The quantitative estimate of drug-likeness (QED) is 0.849. The summed E-state index contributed by atoms with van der Waals surface area (Å²) in [5.74, 6) is 1.02. The number of carbonyl (C=O) groups excluding carboxylic acids is 1. The van der Waals surface area contributed by atoms with E-state index < -0.39 is 0 Å². The largest absolute Gasteiger partial charge is 0.383 e. The van der Waals surface area contributed by atoms with Gasteiger partial charge in [-0.25, -0.2) is 9.97 Å². The lowest BCUT2D eigenvalue weighted by molar-refractivity contribution is -0.125. The lowest BCUT2D eigenvalue weighted by Gasteiger charge is -2.33. The Morgan fingerprint density at radius 3 is 3.13 bits per heavy atom. The van der Waals surface area contributed by atoms with Crippen molar-refractivity contribution in [3.05, 3.63) is 30.6 Å². The number of nitrogens with one attached hydrogen (secondary N) is 1. The molecule has 1 aromatic heterocycles. The third kappa shape index (κ3) is 3.59. The van der Waals surface area contributed by atoms with Crippen LogP contribution in [0.15, 0.2) is 30.6 Å². The van der Waals surface area contributed by atoms with Gasteiger partial charge in [-0.1, -0.05) is 12.1 Å². The fourth-order valence-corrected chi connectivity index (χ4v) is 3.05. The number of hydrogen-bond donors (Lipinski definition) is 1. The van der Waals surface area contributed by atoms with Crippen LogP contribution in [-0.2, 0) is 9.53 Å². The zero-order chi connectivity index (χ0) is 16.1. The zero-order valence-corrected chi connectivity index (χ0v) is 13.4. The average molecular weight is 314 g/mol. The maximum atomic E-state index is 12.3. The van der Waals surface area contributed by atoms with Gasteiger partial charge in [-0.2, -0.15) is 0 Å². The van der Waals surface area contributed by atoms with Crippen LogP contribution >= 0.6 is 0 Å². The average Bonchev–Trinajstić information content (AvgIpc) is 2.61. The maximum absolute atomic E-state index is 12.3. The molecule has 1 unspecified atom stereocenters. The number of aromatic nitrogens is 2. The summed E-state index contributed by atoms with van der Waals surface area (Å²) in [5, 5.41) is 3.98. The van der Waals surface area contributed by atoms with Gasteiger partial charge in [0.25, 0.3) is 0 Å². The van der Waals surface area contributed by atoms with Crippen molar-refractivity contribution in [1.82, 2.24) is 15.3 Å². The van der Waals surface area contributed by atoms with E-state index in [0.29, 0.717) is 19.7 Å². The molecule has 0 bridgehead atoms. The summed E-state index contributed by atoms with van der Waals surface area (Å²) in [5.41, 5.74) is 0.934. The highest BCUT2D eigenvalue weighted by atomic mass is 16.5. The summed E-state index contributed by atoms with van der Waals surface area (Å²) >= 11 is 0. The van der Waals surface area contributed by atoms with Gasteiger partial charge in [-0.15, -0.1) is 0 Å². The van der Waals surface area contributed by atoms with Crippen molar-refractivity contribution in [2.45, 2.75) is 12.8 Å². The molecule has 2 heterocycles. The Kier molecular flexibility index (Phi) is 5.02. The number of rotatable bonds is 5. The maximum Gasteiger partial charge on any atom is 0.224 e. The van der Waals surface area contributed by atoms with Crippen molar-refractivity contribution in [2.24, 2.45) is 5.92 Å². The first-order valence-electron chi connectivity index (χ1n) is 8.01. The van der Waals surface area contributed by atoms with Crippen LogP contribution in [0.25, 0.3) is 10.9 Å². The molecule has 1 atom stereocenters. The van der Waals surface area contributed by atoms with Crippen molar-refractivity contribution < 1.29 is 9.53 Å². The van der Waals surface area contributed by atoms with E-state index in [0.717, 1.165) is 36.1 Å². The van der Waals surface area contributed by atoms with Gasteiger partial charge in [0.05, 0.1) is 18.0 Å². The summed E-state index contributed by atoms with van der Waals surface area (Å²) in [7, 11) is 1.63. The minimum Gasteiger partial charge on any atom is -0.383 e. The highest BCUT2D eigenvalue weighted by Crippen LogP contribution is 2.27. The predicted molar refractivity (Wildman–Crippen MR) is 89.4 cm³/mol. The molecule has 1 saturated heterocycles. The van der Waals surface area contributed by atoms with Crippen LogP contribution < -0.4 is 10.2 Å². The van der Waals surface area contributed by atoms with Crippen molar-refractivity contribution >= 4 is 22.6 Å². The lowest BCUT2D eigenvalue weighted by Crippen LogP contribution is -2.44. The van der Waals surface area contributed by atoms with Crippen LogP contribution in [-0.4, -0.2) is 49.2 Å². The van der Waals surface area contributed by atoms with Crippen LogP contribution in [0.4, 0.5) is 5.82 Å². The zero-order valence-electron chi connectivity index (χ0n) is 13.4. The number of amides is 1. The van der Waals surface area contributed by atoms with Gasteiger partial charge >= 0.3 is 0 Å². The molecule has 1 aliphatic rings. The van der Waals surface area contributed by atoms with Gasteiger partial charge in [0, 0.05) is 32.1 Å². The summed E-state index contributed by atoms with van der Waals surface area (Å²) in [6, 6.07) is 7.99. The number of fused-ring (bicyclic) bond motifs is 1. The van der Waals surface area contributed by atoms with Gasteiger partial charge < -0.3 is 15.0 Å². The number of nitrogens with zero attached hydrogens (tertiary/aromatic N) is 3. The highest BCUT2D eigenvalue weighted by molar-refractivity contribution is 5.89. The number of ether oxygens (including phenoxy) is 1. The first-order valence-corrected chi connectivity index (χ1v) is 8.01. The summed E-state index contributed by atoms with van der Waals surface area (Å²) in [6.07, 6.45) is 3.50. The molecule has 1 fully saturated rings. The molecule has 1 aliphatic heterocycles. The molecule has 0 spiro atoms. The Bertz CT molecular complexity index is 671. The molecule has 3 rings (SSSR count). The topological polar surface area (TPSA) is 67.3 Å². The van der Waals surface area contributed by atoms with E-state index in [2.05, 4.69) is 20.2 Å². The molecule has 23 heavy (non-hydrogen) atoms. The molecule has 1 N–H and O–H groups in total. The van der Waals surface area contributed by atoms with Gasteiger partial charge in [-0.05, 0) is 25.0 Å². The number of para-hydroxylation sites is 1.